The first kappa shape index (κ1) is 26.4. The van der Waals surface area contributed by atoms with Gasteiger partial charge in [-0.15, -0.1) is 0 Å². The van der Waals surface area contributed by atoms with Crippen LogP contribution in [0, 0.1) is 12.7 Å². The number of ether oxygens (including phenoxy) is 4. The number of hydrogen-bond acceptors (Lipinski definition) is 7. The molecule has 2 aliphatic rings. The predicted octanol–water partition coefficient (Wildman–Crippen LogP) is 5.16. The standard InChI is InChI=1S/C28H35FN4O5/c1-16-19-10-11-33(25(19)31-15-30-16)20-13-22(24-23(20)36-28(5,6)37-24)35-21-9-8-18(29)12-17(21)14-32(7)26(34)38-27(2,3)4/h8-12,15,20,22-24H,13-14H2,1-7H3/t20-,22+,23+,24-/m1/s1. The number of carbonyl (C=O) groups is 1. The molecule has 3 aromatic rings. The minimum Gasteiger partial charge on any atom is -0.487 e. The van der Waals surface area contributed by atoms with Gasteiger partial charge in [0.1, 0.15) is 47.5 Å². The van der Waals surface area contributed by atoms with Gasteiger partial charge in [-0.1, -0.05) is 0 Å². The highest BCUT2D eigenvalue weighted by Crippen LogP contribution is 2.46. The van der Waals surface area contributed by atoms with Crippen LogP contribution < -0.4 is 4.74 Å². The first-order valence-corrected chi connectivity index (χ1v) is 12.8. The van der Waals surface area contributed by atoms with Crippen LogP contribution in [0.3, 0.4) is 0 Å². The third-order valence-corrected chi connectivity index (χ3v) is 6.86. The van der Waals surface area contributed by atoms with Crippen molar-refractivity contribution in [3.8, 4) is 5.75 Å². The number of fused-ring (bicyclic) bond motifs is 2. The van der Waals surface area contributed by atoms with E-state index in [2.05, 4.69) is 14.5 Å². The molecule has 1 aliphatic carbocycles. The summed E-state index contributed by atoms with van der Waals surface area (Å²) in [5.74, 6) is -0.718. The van der Waals surface area contributed by atoms with Crippen LogP contribution in [-0.2, 0) is 20.8 Å². The van der Waals surface area contributed by atoms with Crippen molar-refractivity contribution in [1.29, 1.82) is 0 Å². The zero-order valence-corrected chi connectivity index (χ0v) is 22.9. The number of rotatable bonds is 5. The molecule has 1 aliphatic heterocycles. The Morgan fingerprint density at radius 1 is 1.21 bits per heavy atom. The fraction of sp³-hybridized carbons (Fsp3) is 0.536. The van der Waals surface area contributed by atoms with Gasteiger partial charge in [0.15, 0.2) is 5.79 Å². The normalized spacial score (nSPS) is 24.4. The second kappa shape index (κ2) is 9.50. The molecule has 9 nitrogen and oxygen atoms in total. The number of hydrogen-bond donors (Lipinski definition) is 0. The molecule has 1 saturated heterocycles. The van der Waals surface area contributed by atoms with Crippen molar-refractivity contribution < 1.29 is 28.1 Å². The van der Waals surface area contributed by atoms with E-state index in [9.17, 15) is 9.18 Å². The Kier molecular flexibility index (Phi) is 6.59. The molecule has 0 spiro atoms. The SMILES string of the molecule is Cc1ncnc2c1ccn2[C@@H]1C[C@H](Oc2ccc(F)cc2CN(C)C(=O)OC(C)(C)C)[C@H]2OC(C)(C)O[C@H]21. The number of halogens is 1. The average Bonchev–Trinajstić information content (AvgIpc) is 3.46. The Morgan fingerprint density at radius 3 is 2.68 bits per heavy atom. The zero-order valence-electron chi connectivity index (χ0n) is 22.9. The molecule has 3 heterocycles. The van der Waals surface area contributed by atoms with Gasteiger partial charge in [0.2, 0.25) is 0 Å². The number of nitrogens with zero attached hydrogens (tertiary/aromatic N) is 4. The highest BCUT2D eigenvalue weighted by molar-refractivity contribution is 5.78. The Bertz CT molecular complexity index is 1350. The summed E-state index contributed by atoms with van der Waals surface area (Å²) in [5, 5.41) is 0.984. The Morgan fingerprint density at radius 2 is 1.95 bits per heavy atom. The summed E-state index contributed by atoms with van der Waals surface area (Å²) in [4.78, 5) is 22.8. The lowest BCUT2D eigenvalue weighted by Crippen LogP contribution is -2.35. The van der Waals surface area contributed by atoms with E-state index in [-0.39, 0.29) is 30.9 Å². The number of aromatic nitrogens is 3. The summed E-state index contributed by atoms with van der Waals surface area (Å²) in [7, 11) is 1.61. The number of benzene rings is 1. The van der Waals surface area contributed by atoms with E-state index >= 15 is 0 Å². The molecule has 0 radical (unpaired) electrons. The third kappa shape index (κ3) is 5.19. The van der Waals surface area contributed by atoms with Gasteiger partial charge in [-0.25, -0.2) is 19.2 Å². The fourth-order valence-corrected chi connectivity index (χ4v) is 5.27. The van der Waals surface area contributed by atoms with Crippen molar-refractivity contribution in [2.75, 3.05) is 7.05 Å². The van der Waals surface area contributed by atoms with Gasteiger partial charge in [-0.3, -0.25) is 0 Å². The van der Waals surface area contributed by atoms with Gasteiger partial charge in [0.25, 0.3) is 0 Å². The number of carbonyl (C=O) groups excluding carboxylic acids is 1. The molecule has 2 aromatic heterocycles. The molecule has 1 saturated carbocycles. The van der Waals surface area contributed by atoms with Gasteiger partial charge >= 0.3 is 6.09 Å². The molecule has 0 unspecified atom stereocenters. The van der Waals surface area contributed by atoms with E-state index in [1.54, 1.807) is 40.2 Å². The van der Waals surface area contributed by atoms with Crippen LogP contribution in [0.25, 0.3) is 11.0 Å². The Balaban J connectivity index is 1.42. The van der Waals surface area contributed by atoms with E-state index in [1.165, 1.54) is 17.0 Å². The van der Waals surface area contributed by atoms with Gasteiger partial charge in [-0.05, 0) is 65.8 Å². The maximum absolute atomic E-state index is 14.3. The van der Waals surface area contributed by atoms with E-state index in [4.69, 9.17) is 18.9 Å². The van der Waals surface area contributed by atoms with Crippen molar-refractivity contribution in [3.63, 3.8) is 0 Å². The van der Waals surface area contributed by atoms with Crippen LogP contribution in [0.2, 0.25) is 0 Å². The van der Waals surface area contributed by atoms with Crippen molar-refractivity contribution in [3.05, 3.63) is 53.9 Å². The minimum absolute atomic E-state index is 0.0908. The van der Waals surface area contributed by atoms with Crippen molar-refractivity contribution >= 4 is 17.1 Å². The van der Waals surface area contributed by atoms with Crippen LogP contribution in [0.15, 0.2) is 36.8 Å². The first-order chi connectivity index (χ1) is 17.8. The van der Waals surface area contributed by atoms with Crippen LogP contribution in [0.1, 0.15) is 58.3 Å². The fourth-order valence-electron chi connectivity index (χ4n) is 5.27. The minimum atomic E-state index is -0.786. The van der Waals surface area contributed by atoms with Gasteiger partial charge < -0.3 is 28.4 Å². The molecule has 2 fully saturated rings. The molecule has 4 atom stereocenters. The highest BCUT2D eigenvalue weighted by Gasteiger charge is 2.56. The lowest BCUT2D eigenvalue weighted by atomic mass is 10.1. The monoisotopic (exact) mass is 526 g/mol. The summed E-state index contributed by atoms with van der Waals surface area (Å²) >= 11 is 0. The van der Waals surface area contributed by atoms with E-state index < -0.39 is 23.3 Å². The van der Waals surface area contributed by atoms with Crippen LogP contribution in [0.5, 0.6) is 5.75 Å². The highest BCUT2D eigenvalue weighted by atomic mass is 19.1. The van der Waals surface area contributed by atoms with Crippen LogP contribution in [-0.4, -0.2) is 62.3 Å². The first-order valence-electron chi connectivity index (χ1n) is 12.8. The van der Waals surface area contributed by atoms with Crippen molar-refractivity contribution in [2.24, 2.45) is 0 Å². The maximum atomic E-state index is 14.3. The zero-order chi connectivity index (χ0) is 27.4. The summed E-state index contributed by atoms with van der Waals surface area (Å²) in [6, 6.07) is 6.25. The smallest absolute Gasteiger partial charge is 0.410 e. The molecule has 1 amide bonds. The molecule has 10 heteroatoms. The number of amides is 1. The summed E-state index contributed by atoms with van der Waals surface area (Å²) in [5.41, 5.74) is 1.63. The molecule has 1 aromatic carbocycles. The molecular weight excluding hydrogens is 491 g/mol. The van der Waals surface area contributed by atoms with E-state index in [1.807, 2.05) is 33.0 Å². The molecule has 0 N–H and O–H groups in total. The van der Waals surface area contributed by atoms with E-state index in [0.29, 0.717) is 17.7 Å². The van der Waals surface area contributed by atoms with E-state index in [0.717, 1.165) is 16.7 Å². The topological polar surface area (TPSA) is 87.9 Å². The van der Waals surface area contributed by atoms with Gasteiger partial charge in [0, 0.05) is 30.6 Å². The molecular formula is C28H35FN4O5. The number of aryl methyl sites for hydroxylation is 1. The van der Waals surface area contributed by atoms with Gasteiger partial charge in [-0.2, -0.15) is 0 Å². The van der Waals surface area contributed by atoms with Crippen LogP contribution in [0.4, 0.5) is 9.18 Å². The molecule has 5 rings (SSSR count). The van der Waals surface area contributed by atoms with Crippen molar-refractivity contribution in [1.82, 2.24) is 19.4 Å². The quantitative estimate of drug-likeness (QED) is 0.454. The maximum Gasteiger partial charge on any atom is 0.410 e. The predicted molar refractivity (Wildman–Crippen MR) is 138 cm³/mol. The lowest BCUT2D eigenvalue weighted by molar-refractivity contribution is -0.163. The average molecular weight is 527 g/mol. The van der Waals surface area contributed by atoms with Crippen LogP contribution >= 0.6 is 0 Å². The third-order valence-electron chi connectivity index (χ3n) is 6.86. The molecule has 38 heavy (non-hydrogen) atoms. The summed E-state index contributed by atoms with van der Waals surface area (Å²) in [6.45, 7) is 11.3. The second-order valence-corrected chi connectivity index (χ2v) is 11.5. The van der Waals surface area contributed by atoms with Gasteiger partial charge in [0.05, 0.1) is 18.3 Å². The molecule has 204 valence electrons. The largest absolute Gasteiger partial charge is 0.487 e. The summed E-state index contributed by atoms with van der Waals surface area (Å²) in [6.07, 6.45) is 2.67. The molecule has 0 bridgehead atoms. The Labute approximate surface area is 221 Å². The lowest BCUT2D eigenvalue weighted by Gasteiger charge is -2.27. The second-order valence-electron chi connectivity index (χ2n) is 11.5. The van der Waals surface area contributed by atoms with Crippen molar-refractivity contribution in [2.45, 2.75) is 90.2 Å². The Hall–Kier alpha value is -3.24. The summed E-state index contributed by atoms with van der Waals surface area (Å²) < 4.78 is 41.0.